The molecule has 1 aliphatic carbocycles. The number of carbonyl (C=O) groups is 1. The van der Waals surface area contributed by atoms with Gasteiger partial charge in [0.25, 0.3) is 0 Å². The molecule has 2 heterocycles. The van der Waals surface area contributed by atoms with Gasteiger partial charge in [-0.25, -0.2) is 0 Å². The van der Waals surface area contributed by atoms with Crippen LogP contribution < -0.4 is 0 Å². The molecule has 3 fully saturated rings. The fourth-order valence-corrected chi connectivity index (χ4v) is 4.97. The zero-order chi connectivity index (χ0) is 19.8. The number of hydrogen-bond acceptors (Lipinski definition) is 4. The Morgan fingerprint density at radius 3 is 2.30 bits per heavy atom. The molecule has 0 aromatic carbocycles. The van der Waals surface area contributed by atoms with Crippen molar-refractivity contribution in [2.45, 2.75) is 84.3 Å². The molecule has 27 heavy (non-hydrogen) atoms. The molecule has 0 radical (unpaired) electrons. The quantitative estimate of drug-likeness (QED) is 0.732. The monoisotopic (exact) mass is 381 g/mol. The summed E-state index contributed by atoms with van der Waals surface area (Å²) in [6.07, 6.45) is 7.81. The van der Waals surface area contributed by atoms with Gasteiger partial charge in [-0.2, -0.15) is 0 Å². The third kappa shape index (κ3) is 5.91. The molecule has 0 aromatic rings. The summed E-state index contributed by atoms with van der Waals surface area (Å²) in [5, 5.41) is 0. The van der Waals surface area contributed by atoms with Crippen molar-refractivity contribution in [3.63, 3.8) is 0 Å². The van der Waals surface area contributed by atoms with E-state index in [1.165, 1.54) is 32.1 Å². The molecule has 2 aliphatic heterocycles. The largest absolute Gasteiger partial charge is 0.382 e. The van der Waals surface area contributed by atoms with Crippen molar-refractivity contribution < 1.29 is 9.53 Å². The number of methoxy groups -OCH3 is 1. The Bertz CT molecular complexity index is 437. The highest BCUT2D eigenvalue weighted by Crippen LogP contribution is 2.27. The Balaban J connectivity index is 0.00000126. The summed E-state index contributed by atoms with van der Waals surface area (Å²) < 4.78 is 5.49. The minimum atomic E-state index is 0.183. The summed E-state index contributed by atoms with van der Waals surface area (Å²) in [6.45, 7) is 14.0. The first-order chi connectivity index (χ1) is 13.1. The number of ether oxygens (including phenoxy) is 1. The Morgan fingerprint density at radius 1 is 1.00 bits per heavy atom. The van der Waals surface area contributed by atoms with Gasteiger partial charge in [0.1, 0.15) is 0 Å². The van der Waals surface area contributed by atoms with Crippen molar-refractivity contribution in [3.8, 4) is 0 Å². The maximum atomic E-state index is 13.2. The number of hydrogen-bond donors (Lipinski definition) is 0. The third-order valence-corrected chi connectivity index (χ3v) is 6.55. The molecule has 5 heteroatoms. The molecule has 1 saturated carbocycles. The predicted molar refractivity (Wildman–Crippen MR) is 112 cm³/mol. The smallest absolute Gasteiger partial charge is 0.227 e. The van der Waals surface area contributed by atoms with E-state index in [0.29, 0.717) is 18.6 Å². The molecule has 2 saturated heterocycles. The van der Waals surface area contributed by atoms with Crippen LogP contribution in [0.15, 0.2) is 0 Å². The normalized spacial score (nSPS) is 28.3. The summed E-state index contributed by atoms with van der Waals surface area (Å²) in [7, 11) is 1.76. The van der Waals surface area contributed by atoms with Gasteiger partial charge in [-0.3, -0.25) is 9.69 Å². The number of rotatable bonds is 5. The lowest BCUT2D eigenvalue weighted by atomic mass is 9.93. The van der Waals surface area contributed by atoms with Gasteiger partial charge < -0.3 is 14.5 Å². The molecule has 3 rings (SSSR count). The number of likely N-dealkylation sites (tertiary alicyclic amines) is 1. The molecule has 2 unspecified atom stereocenters. The van der Waals surface area contributed by atoms with Crippen LogP contribution >= 0.6 is 0 Å². The average molecular weight is 382 g/mol. The Hall–Kier alpha value is -0.650. The second-order valence-electron chi connectivity index (χ2n) is 8.50. The van der Waals surface area contributed by atoms with Crippen LogP contribution in [0.3, 0.4) is 0 Å². The van der Waals surface area contributed by atoms with Crippen LogP contribution in [0.4, 0.5) is 0 Å². The van der Waals surface area contributed by atoms with E-state index in [1.54, 1.807) is 7.11 Å². The van der Waals surface area contributed by atoms with E-state index in [2.05, 4.69) is 28.5 Å². The Morgan fingerprint density at radius 2 is 1.70 bits per heavy atom. The fourth-order valence-electron chi connectivity index (χ4n) is 4.97. The highest BCUT2D eigenvalue weighted by molar-refractivity contribution is 5.80. The van der Waals surface area contributed by atoms with Crippen LogP contribution in [0.2, 0.25) is 0 Å². The molecule has 0 bridgehead atoms. The van der Waals surface area contributed by atoms with Gasteiger partial charge in [0.15, 0.2) is 0 Å². The van der Waals surface area contributed by atoms with Crippen LogP contribution in [0.25, 0.3) is 0 Å². The molecule has 0 aromatic heterocycles. The molecule has 0 N–H and O–H groups in total. The van der Waals surface area contributed by atoms with Gasteiger partial charge in [0.2, 0.25) is 5.91 Å². The summed E-state index contributed by atoms with van der Waals surface area (Å²) in [6, 6.07) is 1.49. The Kier molecular flexibility index (Phi) is 9.54. The van der Waals surface area contributed by atoms with Crippen LogP contribution in [0.1, 0.15) is 66.2 Å². The number of piperazine rings is 1. The van der Waals surface area contributed by atoms with Crippen molar-refractivity contribution >= 4 is 5.91 Å². The third-order valence-electron chi connectivity index (χ3n) is 6.55. The number of carbonyl (C=O) groups excluding carboxylic acids is 1. The molecule has 3 aliphatic rings. The molecule has 1 amide bonds. The van der Waals surface area contributed by atoms with Crippen LogP contribution in [-0.4, -0.2) is 85.2 Å². The highest BCUT2D eigenvalue weighted by atomic mass is 16.5. The maximum Gasteiger partial charge on any atom is 0.227 e. The minimum Gasteiger partial charge on any atom is -0.382 e. The van der Waals surface area contributed by atoms with E-state index < -0.39 is 0 Å². The summed E-state index contributed by atoms with van der Waals surface area (Å²) >= 11 is 0. The topological polar surface area (TPSA) is 36.0 Å². The molecule has 5 nitrogen and oxygen atoms in total. The van der Waals surface area contributed by atoms with Crippen molar-refractivity contribution in [1.82, 2.24) is 14.7 Å². The molecule has 158 valence electrons. The molecular formula is C22H43N3O2. The van der Waals surface area contributed by atoms with Gasteiger partial charge in [0, 0.05) is 45.4 Å². The molecule has 2 atom stereocenters. The van der Waals surface area contributed by atoms with Crippen LogP contribution in [0.5, 0.6) is 0 Å². The lowest BCUT2D eigenvalue weighted by Gasteiger charge is -2.46. The minimum absolute atomic E-state index is 0.183. The standard InChI is InChI=1S/C20H37N3O2.C2H6/c1-16(2)21-10-9-17(13-21)20(24)23-12-11-22(14-19(23)15-25-3)18-7-5-4-6-8-18;1-2/h16-19H,4-15H2,1-3H3;1-2H3. The zero-order valence-electron chi connectivity index (χ0n) is 18.5. The molecule has 0 spiro atoms. The predicted octanol–water partition coefficient (Wildman–Crippen LogP) is 3.23. The summed E-state index contributed by atoms with van der Waals surface area (Å²) in [5.74, 6) is 0.552. The van der Waals surface area contributed by atoms with E-state index in [4.69, 9.17) is 4.74 Å². The second kappa shape index (κ2) is 11.4. The van der Waals surface area contributed by atoms with Gasteiger partial charge in [-0.15, -0.1) is 0 Å². The van der Waals surface area contributed by atoms with Crippen molar-refractivity contribution in [2.24, 2.45) is 5.92 Å². The van der Waals surface area contributed by atoms with Crippen molar-refractivity contribution in [1.29, 1.82) is 0 Å². The Labute approximate surface area is 167 Å². The first-order valence-corrected chi connectivity index (χ1v) is 11.4. The number of amides is 1. The molecular weight excluding hydrogens is 338 g/mol. The first kappa shape index (κ1) is 22.6. The zero-order valence-corrected chi connectivity index (χ0v) is 18.5. The van der Waals surface area contributed by atoms with E-state index in [9.17, 15) is 4.79 Å². The lowest BCUT2D eigenvalue weighted by molar-refractivity contribution is -0.142. The van der Waals surface area contributed by atoms with Crippen molar-refractivity contribution in [2.75, 3.05) is 46.4 Å². The van der Waals surface area contributed by atoms with E-state index in [-0.39, 0.29) is 12.0 Å². The first-order valence-electron chi connectivity index (χ1n) is 11.4. The average Bonchev–Trinajstić information content (AvgIpc) is 3.21. The van der Waals surface area contributed by atoms with Crippen molar-refractivity contribution in [3.05, 3.63) is 0 Å². The maximum absolute atomic E-state index is 13.2. The van der Waals surface area contributed by atoms with Crippen LogP contribution in [-0.2, 0) is 9.53 Å². The van der Waals surface area contributed by atoms with E-state index in [0.717, 1.165) is 45.2 Å². The van der Waals surface area contributed by atoms with E-state index in [1.807, 2.05) is 13.8 Å². The second-order valence-corrected chi connectivity index (χ2v) is 8.50. The van der Waals surface area contributed by atoms with E-state index >= 15 is 0 Å². The van der Waals surface area contributed by atoms with Crippen LogP contribution in [0, 0.1) is 5.92 Å². The SMILES string of the molecule is CC.COCC1CN(C2CCCCC2)CCN1C(=O)C1CCN(C(C)C)C1. The van der Waals surface area contributed by atoms with Gasteiger partial charge in [0.05, 0.1) is 18.6 Å². The van der Waals surface area contributed by atoms with Gasteiger partial charge in [-0.05, 0) is 39.7 Å². The highest BCUT2D eigenvalue weighted by Gasteiger charge is 2.38. The van der Waals surface area contributed by atoms with Gasteiger partial charge in [-0.1, -0.05) is 33.1 Å². The lowest BCUT2D eigenvalue weighted by Crippen LogP contribution is -2.60. The fraction of sp³-hybridized carbons (Fsp3) is 0.955. The summed E-state index contributed by atoms with van der Waals surface area (Å²) in [4.78, 5) is 20.4. The summed E-state index contributed by atoms with van der Waals surface area (Å²) in [5.41, 5.74) is 0. The van der Waals surface area contributed by atoms with Gasteiger partial charge >= 0.3 is 0 Å². The number of nitrogens with zero attached hydrogens (tertiary/aromatic N) is 3.